The Balaban J connectivity index is 1.44. The molecular formula is C17H18N4O4S. The molecule has 4 heterocycles. The molecule has 0 spiro atoms. The summed E-state index contributed by atoms with van der Waals surface area (Å²) in [6.07, 6.45) is 3.30. The molecule has 2 aliphatic rings. The average molecular weight is 374 g/mol. The SMILES string of the molecule is O=C(Nc1nc2c(s1)CN(C(=O)c1ccc(=O)[nH]c1)CC2)C1CCCO1. The summed E-state index contributed by atoms with van der Waals surface area (Å²) in [5.74, 6) is -0.292. The topological polar surface area (TPSA) is 104 Å². The van der Waals surface area contributed by atoms with Gasteiger partial charge in [-0.15, -0.1) is 0 Å². The Morgan fingerprint density at radius 2 is 2.27 bits per heavy atom. The number of hydrogen-bond donors (Lipinski definition) is 2. The summed E-state index contributed by atoms with van der Waals surface area (Å²) in [5.41, 5.74) is 1.13. The lowest BCUT2D eigenvalue weighted by molar-refractivity contribution is -0.124. The van der Waals surface area contributed by atoms with E-state index in [0.29, 0.717) is 36.8 Å². The lowest BCUT2D eigenvalue weighted by Crippen LogP contribution is -2.35. The number of ether oxygens (including phenoxy) is 1. The van der Waals surface area contributed by atoms with Crippen molar-refractivity contribution in [1.29, 1.82) is 0 Å². The van der Waals surface area contributed by atoms with E-state index in [0.717, 1.165) is 23.4 Å². The minimum atomic E-state index is -0.394. The zero-order chi connectivity index (χ0) is 18.1. The zero-order valence-electron chi connectivity index (χ0n) is 14.0. The van der Waals surface area contributed by atoms with Crippen LogP contribution in [0.2, 0.25) is 0 Å². The van der Waals surface area contributed by atoms with Crippen molar-refractivity contribution in [3.63, 3.8) is 0 Å². The highest BCUT2D eigenvalue weighted by Crippen LogP contribution is 2.29. The van der Waals surface area contributed by atoms with Gasteiger partial charge in [-0.05, 0) is 18.9 Å². The fourth-order valence-electron chi connectivity index (χ4n) is 3.12. The van der Waals surface area contributed by atoms with Crippen LogP contribution in [0.1, 0.15) is 33.8 Å². The van der Waals surface area contributed by atoms with Crippen molar-refractivity contribution < 1.29 is 14.3 Å². The first-order valence-electron chi connectivity index (χ1n) is 8.49. The highest BCUT2D eigenvalue weighted by Gasteiger charge is 2.27. The lowest BCUT2D eigenvalue weighted by atomic mass is 10.1. The Bertz CT molecular complexity index is 880. The second-order valence-electron chi connectivity index (χ2n) is 6.30. The van der Waals surface area contributed by atoms with E-state index in [-0.39, 0.29) is 17.4 Å². The minimum Gasteiger partial charge on any atom is -0.368 e. The third-order valence-corrected chi connectivity index (χ3v) is 5.50. The monoisotopic (exact) mass is 374 g/mol. The molecule has 9 heteroatoms. The second kappa shape index (κ2) is 7.00. The van der Waals surface area contributed by atoms with Crippen LogP contribution in [0, 0.1) is 0 Å². The molecule has 136 valence electrons. The Kier molecular flexibility index (Phi) is 4.56. The van der Waals surface area contributed by atoms with Crippen LogP contribution in [0.25, 0.3) is 0 Å². The van der Waals surface area contributed by atoms with Crippen LogP contribution in [0.4, 0.5) is 5.13 Å². The Morgan fingerprint density at radius 3 is 3.00 bits per heavy atom. The highest BCUT2D eigenvalue weighted by molar-refractivity contribution is 7.15. The molecule has 1 unspecified atom stereocenters. The molecule has 2 aromatic heterocycles. The molecule has 2 N–H and O–H groups in total. The van der Waals surface area contributed by atoms with Crippen LogP contribution in [0.5, 0.6) is 0 Å². The molecule has 1 saturated heterocycles. The molecule has 1 fully saturated rings. The van der Waals surface area contributed by atoms with Crippen LogP contribution >= 0.6 is 11.3 Å². The molecule has 0 aromatic carbocycles. The van der Waals surface area contributed by atoms with Crippen LogP contribution in [-0.4, -0.2) is 45.9 Å². The normalized spacial score (nSPS) is 19.2. The van der Waals surface area contributed by atoms with Gasteiger partial charge in [0.05, 0.1) is 17.8 Å². The van der Waals surface area contributed by atoms with Gasteiger partial charge in [-0.25, -0.2) is 4.98 Å². The van der Waals surface area contributed by atoms with Crippen molar-refractivity contribution in [3.8, 4) is 0 Å². The number of rotatable bonds is 3. The molecule has 0 aliphatic carbocycles. The molecule has 1 atom stereocenters. The number of aromatic nitrogens is 2. The number of nitrogens with one attached hydrogen (secondary N) is 2. The quantitative estimate of drug-likeness (QED) is 0.839. The van der Waals surface area contributed by atoms with Gasteiger partial charge in [-0.1, -0.05) is 11.3 Å². The fraction of sp³-hybridized carbons (Fsp3) is 0.412. The number of aromatic amines is 1. The summed E-state index contributed by atoms with van der Waals surface area (Å²) in [6.45, 7) is 1.61. The molecule has 26 heavy (non-hydrogen) atoms. The van der Waals surface area contributed by atoms with Crippen molar-refractivity contribution in [2.45, 2.75) is 31.9 Å². The van der Waals surface area contributed by atoms with Gasteiger partial charge in [-0.2, -0.15) is 0 Å². The van der Waals surface area contributed by atoms with E-state index in [1.165, 1.54) is 29.7 Å². The molecule has 2 aromatic rings. The van der Waals surface area contributed by atoms with Crippen molar-refractivity contribution >= 4 is 28.3 Å². The lowest BCUT2D eigenvalue weighted by Gasteiger charge is -2.26. The molecule has 0 radical (unpaired) electrons. The van der Waals surface area contributed by atoms with Crippen LogP contribution in [-0.2, 0) is 22.5 Å². The molecule has 8 nitrogen and oxygen atoms in total. The number of fused-ring (bicyclic) bond motifs is 1. The number of thiazole rings is 1. The van der Waals surface area contributed by atoms with E-state index >= 15 is 0 Å². The molecule has 0 saturated carbocycles. The van der Waals surface area contributed by atoms with Crippen molar-refractivity contribution in [3.05, 3.63) is 44.8 Å². The summed E-state index contributed by atoms with van der Waals surface area (Å²) in [5, 5.41) is 3.37. The minimum absolute atomic E-state index is 0.134. The van der Waals surface area contributed by atoms with Crippen LogP contribution < -0.4 is 10.9 Å². The number of nitrogens with zero attached hydrogens (tertiary/aromatic N) is 2. The predicted molar refractivity (Wildman–Crippen MR) is 95.2 cm³/mol. The van der Waals surface area contributed by atoms with E-state index < -0.39 is 6.10 Å². The Morgan fingerprint density at radius 1 is 1.38 bits per heavy atom. The van der Waals surface area contributed by atoms with Crippen LogP contribution in [0.3, 0.4) is 0 Å². The van der Waals surface area contributed by atoms with E-state index in [9.17, 15) is 14.4 Å². The molecule has 2 amide bonds. The summed E-state index contributed by atoms with van der Waals surface area (Å²) < 4.78 is 5.38. The summed E-state index contributed by atoms with van der Waals surface area (Å²) >= 11 is 1.39. The number of hydrogen-bond acceptors (Lipinski definition) is 6. The number of anilines is 1. The second-order valence-corrected chi connectivity index (χ2v) is 7.38. The number of carbonyl (C=O) groups is 2. The number of pyridine rings is 1. The Labute approximate surface area is 153 Å². The summed E-state index contributed by atoms with van der Waals surface area (Å²) in [7, 11) is 0. The smallest absolute Gasteiger partial charge is 0.255 e. The third kappa shape index (κ3) is 3.40. The largest absolute Gasteiger partial charge is 0.368 e. The number of H-pyrrole nitrogens is 1. The fourth-order valence-corrected chi connectivity index (χ4v) is 4.15. The van der Waals surface area contributed by atoms with Gasteiger partial charge in [0.15, 0.2) is 5.13 Å². The molecular weight excluding hydrogens is 356 g/mol. The van der Waals surface area contributed by atoms with E-state index in [1.54, 1.807) is 4.90 Å². The summed E-state index contributed by atoms with van der Waals surface area (Å²) in [6, 6.07) is 2.87. The molecule has 4 rings (SSSR count). The maximum atomic E-state index is 12.6. The van der Waals surface area contributed by atoms with Gasteiger partial charge in [0.1, 0.15) is 6.10 Å². The molecule has 0 bridgehead atoms. The van der Waals surface area contributed by atoms with E-state index in [4.69, 9.17) is 4.74 Å². The predicted octanol–water partition coefficient (Wildman–Crippen LogP) is 1.15. The third-order valence-electron chi connectivity index (χ3n) is 4.50. The van der Waals surface area contributed by atoms with Crippen molar-refractivity contribution in [1.82, 2.24) is 14.9 Å². The van der Waals surface area contributed by atoms with Gasteiger partial charge in [0, 0.05) is 36.7 Å². The van der Waals surface area contributed by atoms with Crippen molar-refractivity contribution in [2.24, 2.45) is 0 Å². The van der Waals surface area contributed by atoms with Gasteiger partial charge in [-0.3, -0.25) is 19.7 Å². The van der Waals surface area contributed by atoms with Gasteiger partial charge in [0.2, 0.25) is 5.56 Å². The average Bonchev–Trinajstić information content (AvgIpc) is 3.30. The van der Waals surface area contributed by atoms with Gasteiger partial charge < -0.3 is 14.6 Å². The highest BCUT2D eigenvalue weighted by atomic mass is 32.1. The van der Waals surface area contributed by atoms with Crippen LogP contribution in [0.15, 0.2) is 23.1 Å². The van der Waals surface area contributed by atoms with E-state index in [1.807, 2.05) is 0 Å². The summed E-state index contributed by atoms with van der Waals surface area (Å²) in [4.78, 5) is 45.6. The Hall–Kier alpha value is -2.52. The maximum absolute atomic E-state index is 12.6. The van der Waals surface area contributed by atoms with E-state index in [2.05, 4.69) is 15.3 Å². The first kappa shape index (κ1) is 16.9. The first-order chi connectivity index (χ1) is 12.6. The van der Waals surface area contributed by atoms with Crippen molar-refractivity contribution in [2.75, 3.05) is 18.5 Å². The first-order valence-corrected chi connectivity index (χ1v) is 9.31. The van der Waals surface area contributed by atoms with Gasteiger partial charge in [0.25, 0.3) is 11.8 Å². The van der Waals surface area contributed by atoms with Gasteiger partial charge >= 0.3 is 0 Å². The zero-order valence-corrected chi connectivity index (χ0v) is 14.8. The number of carbonyl (C=O) groups excluding carboxylic acids is 2. The number of amides is 2. The standard InChI is InChI=1S/C17H18N4O4S/c22-14-4-3-10(8-18-14)16(24)21-6-5-11-13(9-21)26-17(19-11)20-15(23)12-2-1-7-25-12/h3-4,8,12H,1-2,5-7,9H2,(H,18,22)(H,19,20,23). The molecule has 2 aliphatic heterocycles. The maximum Gasteiger partial charge on any atom is 0.255 e.